The number of nitrogens with zero attached hydrogens (tertiary/aromatic N) is 5. The fourth-order valence-corrected chi connectivity index (χ4v) is 5.05. The van der Waals surface area contributed by atoms with E-state index in [4.69, 9.17) is 9.72 Å². The van der Waals surface area contributed by atoms with Gasteiger partial charge in [0, 0.05) is 71.2 Å². The fraction of sp³-hybridized carbons (Fsp3) is 0.161. The Morgan fingerprint density at radius 2 is 1.55 bits per heavy atom. The Kier molecular flexibility index (Phi) is 6.18. The van der Waals surface area contributed by atoms with Gasteiger partial charge in [0.25, 0.3) is 0 Å². The van der Waals surface area contributed by atoms with Gasteiger partial charge in [0.15, 0.2) is 5.82 Å². The normalized spacial score (nSPS) is 13.6. The number of benzene rings is 2. The number of aryl methyl sites for hydroxylation is 1. The van der Waals surface area contributed by atoms with Crippen LogP contribution in [-0.4, -0.2) is 51.2 Å². The molecule has 198 valence electrons. The van der Waals surface area contributed by atoms with E-state index in [0.29, 0.717) is 5.82 Å². The lowest BCUT2D eigenvalue weighted by molar-refractivity contribution is 0.122. The first kappa shape index (κ1) is 24.1. The molecular formula is C31H28N8O. The van der Waals surface area contributed by atoms with Gasteiger partial charge in [-0.15, -0.1) is 0 Å². The van der Waals surface area contributed by atoms with Crippen LogP contribution < -0.4 is 15.5 Å². The molecule has 4 aromatic heterocycles. The van der Waals surface area contributed by atoms with Crippen LogP contribution >= 0.6 is 0 Å². The van der Waals surface area contributed by atoms with Gasteiger partial charge in [0.05, 0.1) is 29.8 Å². The third-order valence-electron chi connectivity index (χ3n) is 7.05. The summed E-state index contributed by atoms with van der Waals surface area (Å²) in [5, 5.41) is 8.08. The molecule has 0 radical (unpaired) electrons. The quantitative estimate of drug-likeness (QED) is 0.235. The van der Waals surface area contributed by atoms with Gasteiger partial charge in [-0.3, -0.25) is 15.0 Å². The molecule has 1 aliphatic heterocycles. The van der Waals surface area contributed by atoms with E-state index in [1.807, 2.05) is 61.7 Å². The first-order valence-corrected chi connectivity index (χ1v) is 13.3. The van der Waals surface area contributed by atoms with Crippen LogP contribution in [0.5, 0.6) is 0 Å². The zero-order chi connectivity index (χ0) is 26.9. The number of aromatic amines is 1. The maximum atomic E-state index is 5.53. The molecule has 0 bridgehead atoms. The topological polar surface area (TPSA) is 104 Å². The highest BCUT2D eigenvalue weighted by molar-refractivity contribution is 5.95. The van der Waals surface area contributed by atoms with Crippen molar-refractivity contribution >= 4 is 50.4 Å². The molecule has 0 spiro atoms. The number of H-pyrrole nitrogens is 1. The van der Waals surface area contributed by atoms with Crippen molar-refractivity contribution in [2.75, 3.05) is 41.8 Å². The molecule has 0 saturated carbocycles. The molecule has 7 rings (SSSR count). The lowest BCUT2D eigenvalue weighted by atomic mass is 10.1. The maximum absolute atomic E-state index is 5.53. The highest BCUT2D eigenvalue weighted by Gasteiger charge is 2.14. The van der Waals surface area contributed by atoms with Crippen molar-refractivity contribution in [1.82, 2.24) is 24.9 Å². The van der Waals surface area contributed by atoms with Gasteiger partial charge in [-0.25, -0.2) is 4.98 Å². The molecule has 0 unspecified atom stereocenters. The highest BCUT2D eigenvalue weighted by atomic mass is 16.5. The lowest BCUT2D eigenvalue weighted by Gasteiger charge is -2.29. The summed E-state index contributed by atoms with van der Waals surface area (Å²) in [5.41, 5.74) is 9.51. The number of pyridine rings is 3. The van der Waals surface area contributed by atoms with E-state index in [1.165, 1.54) is 5.69 Å². The molecule has 2 aromatic carbocycles. The number of ether oxygens (including phenoxy) is 1. The van der Waals surface area contributed by atoms with Crippen LogP contribution in [-0.2, 0) is 4.74 Å². The van der Waals surface area contributed by atoms with Crippen molar-refractivity contribution in [3.05, 3.63) is 91.0 Å². The van der Waals surface area contributed by atoms with Crippen LogP contribution in [0.1, 0.15) is 5.69 Å². The molecule has 9 heteroatoms. The summed E-state index contributed by atoms with van der Waals surface area (Å²) in [7, 11) is 0. The summed E-state index contributed by atoms with van der Waals surface area (Å²) >= 11 is 0. The minimum atomic E-state index is 0.713. The van der Waals surface area contributed by atoms with E-state index < -0.39 is 0 Å². The van der Waals surface area contributed by atoms with Crippen molar-refractivity contribution in [2.24, 2.45) is 0 Å². The van der Waals surface area contributed by atoms with E-state index in [1.54, 1.807) is 12.4 Å². The fourth-order valence-electron chi connectivity index (χ4n) is 5.05. The summed E-state index contributed by atoms with van der Waals surface area (Å²) in [6.45, 7) is 5.26. The second-order valence-electron chi connectivity index (χ2n) is 9.84. The third kappa shape index (κ3) is 4.90. The summed E-state index contributed by atoms with van der Waals surface area (Å²) < 4.78 is 5.53. The predicted molar refractivity (Wildman–Crippen MR) is 160 cm³/mol. The van der Waals surface area contributed by atoms with E-state index in [-0.39, 0.29) is 0 Å². The predicted octanol–water partition coefficient (Wildman–Crippen LogP) is 6.20. The molecule has 0 aliphatic carbocycles. The summed E-state index contributed by atoms with van der Waals surface area (Å²) in [5.74, 6) is 0.713. The van der Waals surface area contributed by atoms with Crippen LogP contribution in [0.15, 0.2) is 85.3 Å². The molecule has 3 N–H and O–H groups in total. The van der Waals surface area contributed by atoms with E-state index in [2.05, 4.69) is 53.7 Å². The van der Waals surface area contributed by atoms with Gasteiger partial charge in [-0.1, -0.05) is 0 Å². The molecule has 6 aromatic rings. The smallest absolute Gasteiger partial charge is 0.157 e. The number of morpholine rings is 1. The number of anilines is 5. The molecule has 0 amide bonds. The number of hydrogen-bond donors (Lipinski definition) is 3. The Morgan fingerprint density at radius 1 is 0.750 bits per heavy atom. The largest absolute Gasteiger partial charge is 0.378 e. The highest BCUT2D eigenvalue weighted by Crippen LogP contribution is 2.31. The standard InChI is InChI=1S/C31H28N8O/c1-20-16-22(6-9-32-20)35-21-2-4-28-29(17-21)38-31(37-28)30-18-23(7-10-34-30)36-27-8-11-33-26-5-3-24(19-25(26)27)39-12-14-40-15-13-39/h2-11,16-19H,12-15H2,1H3,(H,32,35)(H,37,38)(H,33,34,36). The monoisotopic (exact) mass is 528 g/mol. The van der Waals surface area contributed by atoms with Crippen LogP contribution in [0.25, 0.3) is 33.5 Å². The van der Waals surface area contributed by atoms with Crippen LogP contribution in [0.4, 0.5) is 28.4 Å². The van der Waals surface area contributed by atoms with Crippen LogP contribution in [0.3, 0.4) is 0 Å². The zero-order valence-electron chi connectivity index (χ0n) is 22.1. The molecule has 40 heavy (non-hydrogen) atoms. The molecule has 1 aliphatic rings. The first-order chi connectivity index (χ1) is 19.7. The molecule has 1 fully saturated rings. The van der Waals surface area contributed by atoms with E-state index in [9.17, 15) is 0 Å². The number of aromatic nitrogens is 5. The Bertz CT molecular complexity index is 1830. The Labute approximate surface area is 231 Å². The summed E-state index contributed by atoms with van der Waals surface area (Å²) in [4.78, 5) is 24.0. The van der Waals surface area contributed by atoms with Gasteiger partial charge in [-0.05, 0) is 73.7 Å². The maximum Gasteiger partial charge on any atom is 0.157 e. The summed E-state index contributed by atoms with van der Waals surface area (Å²) in [6.07, 6.45) is 5.43. The molecule has 5 heterocycles. The average molecular weight is 529 g/mol. The Hall–Kier alpha value is -5.02. The lowest BCUT2D eigenvalue weighted by Crippen LogP contribution is -2.36. The van der Waals surface area contributed by atoms with Crippen molar-refractivity contribution < 1.29 is 4.74 Å². The van der Waals surface area contributed by atoms with E-state index in [0.717, 1.165) is 82.4 Å². The Morgan fingerprint density at radius 3 is 2.42 bits per heavy atom. The van der Waals surface area contributed by atoms with Crippen molar-refractivity contribution in [1.29, 1.82) is 0 Å². The van der Waals surface area contributed by atoms with Gasteiger partial charge in [0.2, 0.25) is 0 Å². The number of nitrogens with one attached hydrogen (secondary N) is 3. The molecule has 1 saturated heterocycles. The second-order valence-corrected chi connectivity index (χ2v) is 9.84. The first-order valence-electron chi connectivity index (χ1n) is 13.3. The second kappa shape index (κ2) is 10.3. The molecular weight excluding hydrogens is 500 g/mol. The third-order valence-corrected chi connectivity index (χ3v) is 7.05. The summed E-state index contributed by atoms with van der Waals surface area (Å²) in [6, 6.07) is 22.4. The molecule has 9 nitrogen and oxygen atoms in total. The number of hydrogen-bond acceptors (Lipinski definition) is 8. The van der Waals surface area contributed by atoms with E-state index >= 15 is 0 Å². The Balaban J connectivity index is 1.16. The SMILES string of the molecule is Cc1cc(Nc2ccc3[nH]c(-c4cc(Nc5ccnc6ccc(N7CCOCC7)cc56)ccn4)nc3c2)ccn1. The average Bonchev–Trinajstić information content (AvgIpc) is 3.42. The van der Waals surface area contributed by atoms with Crippen LogP contribution in [0.2, 0.25) is 0 Å². The van der Waals surface area contributed by atoms with Crippen molar-refractivity contribution in [2.45, 2.75) is 6.92 Å². The minimum absolute atomic E-state index is 0.713. The van der Waals surface area contributed by atoms with Gasteiger partial charge >= 0.3 is 0 Å². The van der Waals surface area contributed by atoms with Crippen LogP contribution in [0, 0.1) is 6.92 Å². The van der Waals surface area contributed by atoms with Crippen molar-refractivity contribution in [3.8, 4) is 11.5 Å². The van der Waals surface area contributed by atoms with Crippen molar-refractivity contribution in [3.63, 3.8) is 0 Å². The van der Waals surface area contributed by atoms with Gasteiger partial charge in [-0.2, -0.15) is 0 Å². The van der Waals surface area contributed by atoms with Gasteiger partial charge in [0.1, 0.15) is 5.69 Å². The zero-order valence-corrected chi connectivity index (χ0v) is 22.1. The number of imidazole rings is 1. The number of fused-ring (bicyclic) bond motifs is 2. The van der Waals surface area contributed by atoms with Gasteiger partial charge < -0.3 is 25.3 Å². The minimum Gasteiger partial charge on any atom is -0.378 e. The molecule has 0 atom stereocenters. The number of rotatable bonds is 6.